The van der Waals surface area contributed by atoms with Gasteiger partial charge in [0.2, 0.25) is 0 Å². The minimum absolute atomic E-state index is 0.0876. The van der Waals surface area contributed by atoms with Gasteiger partial charge in [0, 0.05) is 22.8 Å². The molecule has 0 aliphatic carbocycles. The zero-order chi connectivity index (χ0) is 17.1. The van der Waals surface area contributed by atoms with Gasteiger partial charge in [-0.15, -0.1) is 11.3 Å². The number of benzene rings is 1. The number of nitrogens with zero attached hydrogens (tertiary/aromatic N) is 2. The number of carbonyl (C=O) groups is 1. The minimum atomic E-state index is -0.642. The normalized spacial score (nSPS) is 10.6. The van der Waals surface area contributed by atoms with Crippen LogP contribution in [0.1, 0.15) is 20.9 Å². The Morgan fingerprint density at radius 3 is 2.88 bits per heavy atom. The van der Waals surface area contributed by atoms with Crippen LogP contribution in [0.15, 0.2) is 42.7 Å². The standard InChI is InChI=1S/C17H13ClFN3OS/c1-10-14(24-17(22-10)11-4-3-7-20-8-11)9-21-16(23)15-12(18)5-2-6-13(15)19/h2-8H,9H2,1H3,(H,21,23). The molecule has 0 radical (unpaired) electrons. The lowest BCUT2D eigenvalue weighted by atomic mass is 10.2. The molecular formula is C17H13ClFN3OS. The van der Waals surface area contributed by atoms with Crippen LogP contribution in [-0.4, -0.2) is 15.9 Å². The van der Waals surface area contributed by atoms with Crippen molar-refractivity contribution in [1.82, 2.24) is 15.3 Å². The van der Waals surface area contributed by atoms with Gasteiger partial charge < -0.3 is 5.32 Å². The maximum atomic E-state index is 13.8. The number of hydrogen-bond acceptors (Lipinski definition) is 4. The molecule has 4 nitrogen and oxygen atoms in total. The Kier molecular flexibility index (Phi) is 4.87. The van der Waals surface area contributed by atoms with Crippen LogP contribution in [0.3, 0.4) is 0 Å². The molecule has 122 valence electrons. The van der Waals surface area contributed by atoms with Crippen molar-refractivity contribution >= 4 is 28.8 Å². The molecule has 2 heterocycles. The van der Waals surface area contributed by atoms with Gasteiger partial charge in [-0.05, 0) is 31.2 Å². The van der Waals surface area contributed by atoms with Gasteiger partial charge in [-0.25, -0.2) is 9.37 Å². The first-order valence-electron chi connectivity index (χ1n) is 7.15. The largest absolute Gasteiger partial charge is 0.347 e. The van der Waals surface area contributed by atoms with Crippen molar-refractivity contribution in [2.45, 2.75) is 13.5 Å². The fourth-order valence-electron chi connectivity index (χ4n) is 2.17. The van der Waals surface area contributed by atoms with E-state index in [-0.39, 0.29) is 17.1 Å². The molecule has 0 saturated carbocycles. The topological polar surface area (TPSA) is 54.9 Å². The van der Waals surface area contributed by atoms with Crippen molar-refractivity contribution in [1.29, 1.82) is 0 Å². The van der Waals surface area contributed by atoms with Crippen molar-refractivity contribution in [3.8, 4) is 10.6 Å². The molecule has 0 saturated heterocycles. The second-order valence-electron chi connectivity index (χ2n) is 5.05. The number of thiazole rings is 1. The van der Waals surface area contributed by atoms with Gasteiger partial charge in [0.1, 0.15) is 10.8 Å². The van der Waals surface area contributed by atoms with Gasteiger partial charge in [0.25, 0.3) is 5.91 Å². The Morgan fingerprint density at radius 1 is 1.33 bits per heavy atom. The maximum absolute atomic E-state index is 13.8. The van der Waals surface area contributed by atoms with E-state index < -0.39 is 11.7 Å². The molecule has 7 heteroatoms. The number of hydrogen-bond donors (Lipinski definition) is 1. The zero-order valence-electron chi connectivity index (χ0n) is 12.7. The van der Waals surface area contributed by atoms with E-state index in [9.17, 15) is 9.18 Å². The molecule has 0 atom stereocenters. The molecule has 0 aliphatic heterocycles. The number of halogens is 2. The summed E-state index contributed by atoms with van der Waals surface area (Å²) < 4.78 is 13.8. The summed E-state index contributed by atoms with van der Waals surface area (Å²) in [5, 5.41) is 3.61. The summed E-state index contributed by atoms with van der Waals surface area (Å²) >= 11 is 7.37. The van der Waals surface area contributed by atoms with Gasteiger partial charge in [-0.3, -0.25) is 9.78 Å². The summed E-state index contributed by atoms with van der Waals surface area (Å²) in [6, 6.07) is 7.92. The lowest BCUT2D eigenvalue weighted by Gasteiger charge is -2.07. The van der Waals surface area contributed by atoms with Crippen LogP contribution in [0.2, 0.25) is 5.02 Å². The van der Waals surface area contributed by atoms with Gasteiger partial charge in [-0.1, -0.05) is 17.7 Å². The Labute approximate surface area is 147 Å². The highest BCUT2D eigenvalue weighted by molar-refractivity contribution is 7.15. The Balaban J connectivity index is 1.76. The summed E-state index contributed by atoms with van der Waals surface area (Å²) in [5.41, 5.74) is 1.59. The number of aryl methyl sites for hydroxylation is 1. The van der Waals surface area contributed by atoms with E-state index in [2.05, 4.69) is 15.3 Å². The van der Waals surface area contributed by atoms with Crippen LogP contribution >= 0.6 is 22.9 Å². The molecule has 2 aromatic heterocycles. The fourth-order valence-corrected chi connectivity index (χ4v) is 3.41. The summed E-state index contributed by atoms with van der Waals surface area (Å²) in [6.45, 7) is 2.13. The summed E-state index contributed by atoms with van der Waals surface area (Å²) in [5.74, 6) is -1.19. The van der Waals surface area contributed by atoms with E-state index in [0.717, 1.165) is 21.1 Å². The van der Waals surface area contributed by atoms with Crippen LogP contribution in [0.4, 0.5) is 4.39 Å². The van der Waals surface area contributed by atoms with Crippen molar-refractivity contribution in [2.75, 3.05) is 0 Å². The number of pyridine rings is 1. The van der Waals surface area contributed by atoms with Gasteiger partial charge in [0.15, 0.2) is 0 Å². The van der Waals surface area contributed by atoms with Crippen molar-refractivity contribution in [2.24, 2.45) is 0 Å². The Morgan fingerprint density at radius 2 is 2.17 bits per heavy atom. The van der Waals surface area contributed by atoms with Crippen LogP contribution in [0.25, 0.3) is 10.6 Å². The fraction of sp³-hybridized carbons (Fsp3) is 0.118. The SMILES string of the molecule is Cc1nc(-c2cccnc2)sc1CNC(=O)c1c(F)cccc1Cl. The van der Waals surface area contributed by atoms with E-state index in [1.807, 2.05) is 19.1 Å². The number of carbonyl (C=O) groups excluding carboxylic acids is 1. The molecule has 1 aromatic carbocycles. The van der Waals surface area contributed by atoms with E-state index in [1.165, 1.54) is 29.5 Å². The van der Waals surface area contributed by atoms with Crippen molar-refractivity contribution in [3.05, 3.63) is 69.7 Å². The number of aromatic nitrogens is 2. The highest BCUT2D eigenvalue weighted by atomic mass is 35.5. The van der Waals surface area contributed by atoms with Gasteiger partial charge in [0.05, 0.1) is 22.8 Å². The third kappa shape index (κ3) is 3.44. The Hall–Kier alpha value is -2.31. The molecule has 3 aromatic rings. The predicted molar refractivity (Wildman–Crippen MR) is 92.7 cm³/mol. The second-order valence-corrected chi connectivity index (χ2v) is 6.54. The molecule has 0 aliphatic rings. The summed E-state index contributed by atoms with van der Waals surface area (Å²) in [7, 11) is 0. The van der Waals surface area contributed by atoms with E-state index >= 15 is 0 Å². The average Bonchev–Trinajstić information content (AvgIpc) is 2.94. The monoisotopic (exact) mass is 361 g/mol. The first kappa shape index (κ1) is 16.5. The third-order valence-corrected chi connectivity index (χ3v) is 4.92. The van der Waals surface area contributed by atoms with Crippen molar-refractivity contribution < 1.29 is 9.18 Å². The summed E-state index contributed by atoms with van der Waals surface area (Å²) in [6.07, 6.45) is 3.43. The smallest absolute Gasteiger partial charge is 0.256 e. The van der Waals surface area contributed by atoms with Gasteiger partial charge in [-0.2, -0.15) is 0 Å². The van der Waals surface area contributed by atoms with Gasteiger partial charge >= 0.3 is 0 Å². The zero-order valence-corrected chi connectivity index (χ0v) is 14.3. The van der Waals surface area contributed by atoms with E-state index in [4.69, 9.17) is 11.6 Å². The predicted octanol–water partition coefficient (Wildman–Crippen LogP) is 4.24. The molecule has 0 fully saturated rings. The highest BCUT2D eigenvalue weighted by Crippen LogP contribution is 2.27. The van der Waals surface area contributed by atoms with Crippen LogP contribution in [0, 0.1) is 12.7 Å². The first-order valence-corrected chi connectivity index (χ1v) is 8.34. The van der Waals surface area contributed by atoms with Crippen LogP contribution in [-0.2, 0) is 6.54 Å². The van der Waals surface area contributed by atoms with Crippen molar-refractivity contribution in [3.63, 3.8) is 0 Å². The second kappa shape index (κ2) is 7.07. The molecule has 1 amide bonds. The number of nitrogens with one attached hydrogen (secondary N) is 1. The van der Waals surface area contributed by atoms with Crippen LogP contribution in [0.5, 0.6) is 0 Å². The number of amides is 1. The quantitative estimate of drug-likeness (QED) is 0.756. The lowest BCUT2D eigenvalue weighted by Crippen LogP contribution is -2.24. The maximum Gasteiger partial charge on any atom is 0.256 e. The lowest BCUT2D eigenvalue weighted by molar-refractivity contribution is 0.0947. The number of rotatable bonds is 4. The Bertz CT molecular complexity index is 863. The minimum Gasteiger partial charge on any atom is -0.347 e. The summed E-state index contributed by atoms with van der Waals surface area (Å²) in [4.78, 5) is 21.7. The third-order valence-electron chi connectivity index (χ3n) is 3.40. The highest BCUT2D eigenvalue weighted by Gasteiger charge is 2.17. The van der Waals surface area contributed by atoms with E-state index in [1.54, 1.807) is 12.4 Å². The van der Waals surface area contributed by atoms with E-state index in [0.29, 0.717) is 0 Å². The molecule has 0 bridgehead atoms. The average molecular weight is 362 g/mol. The molecular weight excluding hydrogens is 349 g/mol. The molecule has 0 unspecified atom stereocenters. The molecule has 24 heavy (non-hydrogen) atoms. The molecule has 0 spiro atoms. The first-order chi connectivity index (χ1) is 11.6. The molecule has 3 rings (SSSR count). The van der Waals surface area contributed by atoms with Crippen LogP contribution < -0.4 is 5.32 Å². The molecule has 1 N–H and O–H groups in total.